The summed E-state index contributed by atoms with van der Waals surface area (Å²) < 4.78 is 0. The van der Waals surface area contributed by atoms with Gasteiger partial charge in [-0.25, -0.2) is 0 Å². The minimum absolute atomic E-state index is 0.395. The van der Waals surface area contributed by atoms with E-state index in [9.17, 15) is 5.26 Å². The van der Waals surface area contributed by atoms with E-state index in [1.807, 2.05) is 18.2 Å². The zero-order valence-corrected chi connectivity index (χ0v) is 11.8. The van der Waals surface area contributed by atoms with Crippen LogP contribution in [0.4, 0.5) is 0 Å². The van der Waals surface area contributed by atoms with Gasteiger partial charge in [0.1, 0.15) is 5.54 Å². The second-order valence-corrected chi connectivity index (χ2v) is 5.04. The molecule has 0 spiro atoms. The van der Waals surface area contributed by atoms with E-state index in [-0.39, 0.29) is 0 Å². The van der Waals surface area contributed by atoms with Crippen molar-refractivity contribution < 1.29 is 0 Å². The lowest BCUT2D eigenvalue weighted by Crippen LogP contribution is -2.47. The molecular weight excluding hydrogens is 220 g/mol. The van der Waals surface area contributed by atoms with Crippen LogP contribution in [-0.2, 0) is 6.42 Å². The molecule has 2 nitrogen and oxygen atoms in total. The van der Waals surface area contributed by atoms with E-state index >= 15 is 0 Å². The molecule has 98 valence electrons. The molecule has 0 aliphatic rings. The SMILES string of the molecule is CCCN(CCC)C(C)(C#N)Cc1ccccc1. The van der Waals surface area contributed by atoms with Crippen LogP contribution in [0.1, 0.15) is 39.2 Å². The van der Waals surface area contributed by atoms with Crippen molar-refractivity contribution in [3.05, 3.63) is 35.9 Å². The number of hydrogen-bond donors (Lipinski definition) is 0. The molecular formula is C16H24N2. The summed E-state index contributed by atoms with van der Waals surface area (Å²) in [5, 5.41) is 9.58. The van der Waals surface area contributed by atoms with E-state index in [4.69, 9.17) is 0 Å². The van der Waals surface area contributed by atoms with Crippen LogP contribution in [0.15, 0.2) is 30.3 Å². The lowest BCUT2D eigenvalue weighted by atomic mass is 9.92. The highest BCUT2D eigenvalue weighted by Gasteiger charge is 2.30. The maximum atomic E-state index is 9.58. The van der Waals surface area contributed by atoms with Crippen molar-refractivity contribution in [3.8, 4) is 6.07 Å². The van der Waals surface area contributed by atoms with Crippen molar-refractivity contribution in [2.45, 2.75) is 45.6 Å². The number of hydrogen-bond acceptors (Lipinski definition) is 2. The fourth-order valence-corrected chi connectivity index (χ4v) is 2.36. The van der Waals surface area contributed by atoms with Crippen LogP contribution in [0.25, 0.3) is 0 Å². The molecule has 0 bridgehead atoms. The summed E-state index contributed by atoms with van der Waals surface area (Å²) in [5.74, 6) is 0. The third kappa shape index (κ3) is 3.85. The van der Waals surface area contributed by atoms with E-state index < -0.39 is 5.54 Å². The summed E-state index contributed by atoms with van der Waals surface area (Å²) >= 11 is 0. The van der Waals surface area contributed by atoms with Crippen molar-refractivity contribution in [1.29, 1.82) is 5.26 Å². The van der Waals surface area contributed by atoms with Crippen LogP contribution in [0.3, 0.4) is 0 Å². The fourth-order valence-electron chi connectivity index (χ4n) is 2.36. The average Bonchev–Trinajstić information content (AvgIpc) is 2.39. The lowest BCUT2D eigenvalue weighted by Gasteiger charge is -2.36. The Kier molecular flexibility index (Phi) is 5.88. The fraction of sp³-hybridized carbons (Fsp3) is 0.562. The van der Waals surface area contributed by atoms with Crippen LogP contribution < -0.4 is 0 Å². The maximum Gasteiger partial charge on any atom is 0.110 e. The molecule has 2 heteroatoms. The molecule has 1 rings (SSSR count). The first-order valence-corrected chi connectivity index (χ1v) is 6.86. The van der Waals surface area contributed by atoms with Crippen molar-refractivity contribution in [1.82, 2.24) is 4.90 Å². The van der Waals surface area contributed by atoms with Crippen molar-refractivity contribution in [3.63, 3.8) is 0 Å². The molecule has 0 aromatic heterocycles. The van der Waals surface area contributed by atoms with Crippen molar-refractivity contribution in [2.24, 2.45) is 0 Å². The first-order chi connectivity index (χ1) is 8.66. The largest absolute Gasteiger partial charge is 0.286 e. The van der Waals surface area contributed by atoms with Crippen LogP contribution >= 0.6 is 0 Å². The Morgan fingerprint density at radius 1 is 1.11 bits per heavy atom. The lowest BCUT2D eigenvalue weighted by molar-refractivity contribution is 0.151. The average molecular weight is 244 g/mol. The second-order valence-electron chi connectivity index (χ2n) is 5.04. The van der Waals surface area contributed by atoms with Gasteiger partial charge in [-0.3, -0.25) is 4.90 Å². The summed E-state index contributed by atoms with van der Waals surface area (Å²) in [5.41, 5.74) is 0.839. The quantitative estimate of drug-likeness (QED) is 0.732. The third-order valence-electron chi connectivity index (χ3n) is 3.32. The normalized spacial score (nSPS) is 14.2. The maximum absolute atomic E-state index is 9.58. The Morgan fingerprint density at radius 2 is 1.67 bits per heavy atom. The summed E-state index contributed by atoms with van der Waals surface area (Å²) in [7, 11) is 0. The number of rotatable bonds is 7. The number of nitrogens with zero attached hydrogens (tertiary/aromatic N) is 2. The highest BCUT2D eigenvalue weighted by molar-refractivity contribution is 5.21. The predicted octanol–water partition coefficient (Wildman–Crippen LogP) is 3.63. The van der Waals surface area contributed by atoms with E-state index in [1.165, 1.54) is 5.56 Å². The topological polar surface area (TPSA) is 27.0 Å². The van der Waals surface area contributed by atoms with Gasteiger partial charge < -0.3 is 0 Å². The zero-order chi connectivity index (χ0) is 13.4. The molecule has 0 aliphatic heterocycles. The monoisotopic (exact) mass is 244 g/mol. The van der Waals surface area contributed by atoms with Gasteiger partial charge in [0.05, 0.1) is 6.07 Å². The summed E-state index contributed by atoms with van der Waals surface area (Å²) in [6.45, 7) is 8.38. The molecule has 1 aromatic carbocycles. The molecule has 0 aliphatic carbocycles. The molecule has 0 N–H and O–H groups in total. The van der Waals surface area contributed by atoms with Crippen LogP contribution in [0.5, 0.6) is 0 Å². The van der Waals surface area contributed by atoms with Crippen LogP contribution in [0.2, 0.25) is 0 Å². The van der Waals surface area contributed by atoms with E-state index in [0.29, 0.717) is 0 Å². The second kappa shape index (κ2) is 7.18. The van der Waals surface area contributed by atoms with Crippen molar-refractivity contribution in [2.75, 3.05) is 13.1 Å². The first-order valence-electron chi connectivity index (χ1n) is 6.86. The van der Waals surface area contributed by atoms with Gasteiger partial charge in [0.15, 0.2) is 0 Å². The molecule has 18 heavy (non-hydrogen) atoms. The first kappa shape index (κ1) is 14.7. The predicted molar refractivity (Wildman–Crippen MR) is 76.3 cm³/mol. The molecule has 1 unspecified atom stereocenters. The Labute approximate surface area is 111 Å². The molecule has 0 radical (unpaired) electrons. The standard InChI is InChI=1S/C16H24N2/c1-4-11-18(12-5-2)16(3,14-17)13-15-9-7-6-8-10-15/h6-10H,4-5,11-13H2,1-3H3. The van der Waals surface area contributed by atoms with Gasteiger partial charge in [-0.1, -0.05) is 44.2 Å². The molecule has 0 saturated heterocycles. The van der Waals surface area contributed by atoms with Gasteiger partial charge in [-0.15, -0.1) is 0 Å². The summed E-state index contributed by atoms with van der Waals surface area (Å²) in [6, 6.07) is 12.8. The van der Waals surface area contributed by atoms with Crippen molar-refractivity contribution >= 4 is 0 Å². The molecule has 0 amide bonds. The highest BCUT2D eigenvalue weighted by Crippen LogP contribution is 2.21. The Hall–Kier alpha value is -1.33. The van der Waals surface area contributed by atoms with Gasteiger partial charge in [0.2, 0.25) is 0 Å². The highest BCUT2D eigenvalue weighted by atomic mass is 15.2. The van der Waals surface area contributed by atoms with Gasteiger partial charge in [-0.2, -0.15) is 5.26 Å². The zero-order valence-electron chi connectivity index (χ0n) is 11.8. The molecule has 0 heterocycles. The molecule has 0 fully saturated rings. The van der Waals surface area contributed by atoms with Crippen LogP contribution in [-0.4, -0.2) is 23.5 Å². The van der Waals surface area contributed by atoms with E-state index in [2.05, 4.69) is 43.9 Å². The van der Waals surface area contributed by atoms with E-state index in [1.54, 1.807) is 0 Å². The Balaban J connectivity index is 2.86. The van der Waals surface area contributed by atoms with Crippen LogP contribution in [0, 0.1) is 11.3 Å². The smallest absolute Gasteiger partial charge is 0.110 e. The van der Waals surface area contributed by atoms with Gasteiger partial charge in [-0.05, 0) is 38.4 Å². The van der Waals surface area contributed by atoms with Gasteiger partial charge in [0.25, 0.3) is 0 Å². The van der Waals surface area contributed by atoms with Gasteiger partial charge >= 0.3 is 0 Å². The molecule has 1 aromatic rings. The Morgan fingerprint density at radius 3 is 2.11 bits per heavy atom. The number of benzene rings is 1. The molecule has 0 saturated carbocycles. The summed E-state index contributed by atoms with van der Waals surface area (Å²) in [6.07, 6.45) is 2.97. The third-order valence-corrected chi connectivity index (χ3v) is 3.32. The number of nitriles is 1. The minimum atomic E-state index is -0.395. The summed E-state index contributed by atoms with van der Waals surface area (Å²) in [4.78, 5) is 2.32. The minimum Gasteiger partial charge on any atom is -0.286 e. The molecule has 1 atom stereocenters. The van der Waals surface area contributed by atoms with E-state index in [0.717, 1.165) is 32.4 Å². The van der Waals surface area contributed by atoms with Gasteiger partial charge in [0, 0.05) is 6.42 Å². The Bertz CT molecular complexity index is 374.